The number of hydrogen-bond donors (Lipinski definition) is 11. The van der Waals surface area contributed by atoms with Crippen molar-refractivity contribution >= 4 is 89.3 Å². The first-order valence-electron chi connectivity index (χ1n) is 51.1. The van der Waals surface area contributed by atoms with Crippen LogP contribution in [0.3, 0.4) is 0 Å². The summed E-state index contributed by atoms with van der Waals surface area (Å²) in [6, 6.07) is 0. The van der Waals surface area contributed by atoms with E-state index in [9.17, 15) is 24.0 Å². The number of nitrogens with zero attached hydrogens (tertiary/aromatic N) is 3. The molecule has 0 radical (unpaired) electrons. The number of ketones is 1. The molecule has 9 fully saturated rings. The number of aliphatic hydroxyl groups excluding tert-OH is 1. The number of esters is 2. The zero-order valence-electron chi connectivity index (χ0n) is 86.5. The number of allylic oxidation sites excluding steroid dienone is 6. The molecular formula is C110H180ClI3N13O8-. The molecule has 135 heavy (non-hydrogen) atoms. The number of aromatic nitrogens is 8. The van der Waals surface area contributed by atoms with Gasteiger partial charge >= 0.3 is 62.4 Å². The van der Waals surface area contributed by atoms with Gasteiger partial charge in [0.05, 0.1) is 18.6 Å². The van der Waals surface area contributed by atoms with Crippen LogP contribution in [0.5, 0.6) is 0 Å². The molecule has 15 aliphatic carbocycles. The topological polar surface area (TPSA) is 372 Å². The molecule has 0 spiro atoms. The second-order valence-corrected chi connectivity index (χ2v) is 67.5. The fourth-order valence-corrected chi connectivity index (χ4v) is 35.6. The average Bonchev–Trinajstić information content (AvgIpc) is 1.58. The van der Waals surface area contributed by atoms with E-state index in [0.29, 0.717) is 97.2 Å². The van der Waals surface area contributed by atoms with Crippen LogP contribution in [-0.4, -0.2) is 88.7 Å². The molecule has 21 nitrogen and oxygen atoms in total. The molecule has 0 saturated heterocycles. The summed E-state index contributed by atoms with van der Waals surface area (Å²) in [5.74, 6) is 13.4. The van der Waals surface area contributed by atoms with Crippen molar-refractivity contribution in [1.82, 2.24) is 40.8 Å². The van der Waals surface area contributed by atoms with Crippen LogP contribution in [0.1, 0.15) is 400 Å². The minimum absolute atomic E-state index is 0. The molecule has 4 aromatic rings. The Labute approximate surface area is 847 Å². The number of fused-ring (bicyclic) bond motifs is 24. The summed E-state index contributed by atoms with van der Waals surface area (Å²) in [5, 5.41) is 37.3. The first kappa shape index (κ1) is 111. The van der Waals surface area contributed by atoms with Gasteiger partial charge in [0.2, 0.25) is 5.24 Å². The number of halogens is 4. The van der Waals surface area contributed by atoms with E-state index in [2.05, 4.69) is 258 Å². The number of hydrogen-bond acceptors (Lipinski definition) is 16. The summed E-state index contributed by atoms with van der Waals surface area (Å²) in [6.45, 7) is 64.2. The maximum Gasteiger partial charge on any atom is -0.274 e. The maximum absolute atomic E-state index is 14.4. The first-order valence-corrected chi connectivity index (χ1v) is 64.1. The number of hydrazine groups is 1. The molecule has 0 bridgehead atoms. The van der Waals surface area contributed by atoms with Crippen molar-refractivity contribution in [3.05, 3.63) is 90.3 Å². The van der Waals surface area contributed by atoms with Gasteiger partial charge in [-0.3, -0.25) is 56.1 Å². The minimum Gasteiger partial charge on any atom is -0.274 e. The third kappa shape index (κ3) is 17.2. The number of nitrogens with one attached hydrogen (secondary N) is 5. The fourth-order valence-electron chi connectivity index (χ4n) is 35.3. The molecule has 15 aliphatic rings. The van der Waals surface area contributed by atoms with Crippen LogP contribution >= 0.6 is 48.8 Å². The summed E-state index contributed by atoms with van der Waals surface area (Å²) < 4.78 is 9.91. The Hall–Kier alpha value is -4.10. The zero-order valence-corrected chi connectivity index (χ0v) is 93.7. The van der Waals surface area contributed by atoms with Crippen molar-refractivity contribution in [2.45, 2.75) is 403 Å². The summed E-state index contributed by atoms with van der Waals surface area (Å²) in [6.07, 6.45) is 38.0. The minimum atomic E-state index is -0.709. The third-order valence-corrected chi connectivity index (χ3v) is 43.0. The van der Waals surface area contributed by atoms with E-state index in [1.165, 1.54) is 103 Å². The summed E-state index contributed by atoms with van der Waals surface area (Å²) >= 11 is 11.8. The van der Waals surface area contributed by atoms with Gasteiger partial charge in [-0.1, -0.05) is 202 Å². The molecule has 0 aliphatic heterocycles. The van der Waals surface area contributed by atoms with Crippen LogP contribution < -0.4 is 47.7 Å². The van der Waals surface area contributed by atoms with Gasteiger partial charge < -0.3 is 36.9 Å². The molecular weight excluding hydrogens is 2050 g/mol. The van der Waals surface area contributed by atoms with E-state index < -0.39 is 11.3 Å². The number of H-pyrrole nitrogens is 5. The van der Waals surface area contributed by atoms with Gasteiger partial charge in [-0.05, 0) is 338 Å². The van der Waals surface area contributed by atoms with Gasteiger partial charge in [-0.15, -0.1) is 0 Å². The largest absolute Gasteiger partial charge is 0.274 e. The van der Waals surface area contributed by atoms with E-state index in [1.807, 2.05) is 13.8 Å². The molecule has 9 saturated carbocycles. The molecule has 10 unspecified atom stereocenters. The number of carbonyl (C=O) groups excluding carboxylic acids is 4. The predicted molar refractivity (Wildman–Crippen MR) is 564 cm³/mol. The summed E-state index contributed by atoms with van der Waals surface area (Å²) in [4.78, 5) is 63.2. The number of ether oxygens (including phenoxy) is 2. The molecule has 25 heteroatoms. The molecule has 4 aromatic heterocycles. The quantitative estimate of drug-likeness (QED) is 0.0148. The number of aliphatic hydroxyl groups is 1. The first-order chi connectivity index (χ1) is 61.9. The number of nitrogen functional groups attached to an aromatic ring is 3. The van der Waals surface area contributed by atoms with Crippen LogP contribution in [0.2, 0.25) is 0 Å². The molecule has 16 N–H and O–H groups in total. The second-order valence-electron chi connectivity index (χ2n) is 50.9. The van der Waals surface area contributed by atoms with E-state index in [0.717, 1.165) is 121 Å². The number of Topliss-reactive ketones (excluding diaryl/α,β-unsaturated/α-hetero) is 1. The van der Waals surface area contributed by atoms with Crippen LogP contribution in [0.25, 0.3) is 0 Å². The molecule has 4 heterocycles. The van der Waals surface area contributed by atoms with Gasteiger partial charge in [0.1, 0.15) is 23.4 Å². The van der Waals surface area contributed by atoms with Crippen molar-refractivity contribution in [2.24, 2.45) is 147 Å². The molecule has 0 amide bonds. The Morgan fingerprint density at radius 1 is 0.474 bits per heavy atom. The SMILES string of the molecule is C.C.CC1(C)CC[C@]2(C(=O)Cl)CC[C@]3(C)C(=CCC4[C@@]5(C)Cc6c(N)n[nH]c6C(C)(C)C5CC[C@]43C)C2C1.CCO.CCOC(=O)C(C)C(=O)[C@]12CCC(C)(C)CC1C1=CCC3[C@@]4(C)Cc5c(N)n[nH]c5C(C)(C)C4CC[C@@]3(C)[C@]1(C)CC2.CCOC(=O)CC.Cc1c([C@]23CCC(C)(C)CC2C2=CCC4[C@@]5(C)Cc6c(N)n[nH]c6C(C)(C)C5CC[C@@]4(C)[C@]2(C)CC3)[nH][nH]c1=O.I[I-]I.NN. The second kappa shape index (κ2) is 38.8. The smallest absolute Gasteiger partial charge is 0.274 e. The van der Waals surface area contributed by atoms with E-state index in [-0.39, 0.29) is 148 Å². The number of rotatable bonds is 8. The number of carbonyl (C=O) groups is 4. The number of nitrogens with two attached hydrogens (primary N) is 5. The monoisotopic (exact) mass is 2230 g/mol. The average molecular weight is 2230 g/mol. The molecule has 762 valence electrons. The Morgan fingerprint density at radius 3 is 1.12 bits per heavy atom. The van der Waals surface area contributed by atoms with Crippen LogP contribution in [0.4, 0.5) is 17.5 Å². The third-order valence-electron chi connectivity index (χ3n) is 42.6. The van der Waals surface area contributed by atoms with Crippen molar-refractivity contribution in [1.29, 1.82) is 0 Å². The van der Waals surface area contributed by atoms with Gasteiger partial charge in [-0.25, -0.2) is 0 Å². The van der Waals surface area contributed by atoms with Gasteiger partial charge in [0, 0.05) is 85.1 Å². The molecule has 22 atom stereocenters. The Morgan fingerprint density at radius 2 is 0.785 bits per heavy atom. The Kier molecular flexibility index (Phi) is 32.0. The van der Waals surface area contributed by atoms with E-state index in [4.69, 9.17) is 38.6 Å². The molecule has 19 rings (SSSR count). The van der Waals surface area contributed by atoms with Gasteiger partial charge in [0.25, 0.3) is 5.56 Å². The van der Waals surface area contributed by atoms with E-state index in [1.54, 1.807) is 38.8 Å². The standard InChI is InChI=1S/C36H55N3O3.C34H51N5O.C31H46ClN3O.C5H10O2.C2H6O.2CH4.I3.H4N2/c1-10-42-30(41)21(2)28(40)36-17-15-31(3,4)20-24(36)23-11-12-26-33(7)19-22-27(38-39-29(22)37)32(5,6)25(33)13-14-35(26,9)34(23,8)16-18-36;1-19-25(36-39-28(19)40)34-15-13-29(2,3)18-22(34)21-9-10-24-31(6)17-20-26(37-38-27(20)35)30(4,5)23(31)11-12-33(24,8)32(21,7)14-16-34;1-26(2)12-14-31(25(32)36)15-13-29(6)19(20(31)17-26)8-9-22-28(5)16-18-23(34-35-24(18)33)27(3,4)21(28)10-11-30(22,29)7;1-3-5(6)7-4-2;1-2-3;;;1-3-2;1-2/h11,21,24-26H,10,12-20H2,1-9H3,(H3,37,38,39);9,22-24H,10-18H2,1-8H3,(H3,35,37,38)(H2,36,39,40);8,20-22H,9-17H2,1-7H3,(H3,33,34,35);3-4H2,1-2H3;3H,2H2,1H3;2*1H4;;1-2H2/q;;;;;;;-1;/t21?,24?,25?,26?,33-,34+,35+,36-;22?,23?,24?,31-,32+,33+,34-;20?,21?,22?,28-,29+,30+,31-;;;;;;/m000....../s1. The maximum atomic E-state index is 14.4. The van der Waals surface area contributed by atoms with Crippen molar-refractivity contribution in [3.8, 4) is 0 Å². The van der Waals surface area contributed by atoms with Crippen LogP contribution in [-0.2, 0) is 69.6 Å². The summed E-state index contributed by atoms with van der Waals surface area (Å²) in [5.41, 5.74) is 35.2. The van der Waals surface area contributed by atoms with Crippen molar-refractivity contribution in [3.63, 3.8) is 0 Å². The van der Waals surface area contributed by atoms with Crippen LogP contribution in [0.15, 0.2) is 39.7 Å². The normalized spacial score (nSPS) is 38.9. The van der Waals surface area contributed by atoms with Gasteiger partial charge in [-0.2, -0.15) is 15.3 Å². The molecule has 0 aromatic carbocycles. The predicted octanol–water partition coefficient (Wildman–Crippen LogP) is 22.1. The Balaban J connectivity index is 0.000000180. The van der Waals surface area contributed by atoms with Crippen molar-refractivity contribution in [2.75, 3.05) is 37.0 Å². The zero-order chi connectivity index (χ0) is 98.6. The number of anilines is 3. The van der Waals surface area contributed by atoms with E-state index >= 15 is 0 Å². The fraction of sp³-hybridized carbons (Fsp3) is 0.800. The number of aromatic amines is 5. The van der Waals surface area contributed by atoms with Crippen molar-refractivity contribution < 1.29 is 47.0 Å². The van der Waals surface area contributed by atoms with Gasteiger partial charge in [0.15, 0.2) is 5.78 Å². The summed E-state index contributed by atoms with van der Waals surface area (Å²) in [7, 11) is 0. The Bertz CT molecular complexity index is 5180. The van der Waals surface area contributed by atoms with Crippen LogP contribution in [0, 0.1) is 142 Å².